The lowest BCUT2D eigenvalue weighted by atomic mass is 9.85. The van der Waals surface area contributed by atoms with Crippen LogP contribution in [0.25, 0.3) is 10.8 Å². The van der Waals surface area contributed by atoms with Crippen LogP contribution in [0.4, 0.5) is 5.69 Å². The first kappa shape index (κ1) is 41.3. The van der Waals surface area contributed by atoms with E-state index >= 15 is 0 Å². The van der Waals surface area contributed by atoms with E-state index in [0.717, 1.165) is 4.31 Å². The fourth-order valence-corrected chi connectivity index (χ4v) is 9.66. The van der Waals surface area contributed by atoms with Gasteiger partial charge in [-0.1, -0.05) is 44.5 Å². The topological polar surface area (TPSA) is 193 Å². The van der Waals surface area contributed by atoms with Gasteiger partial charge in [0.25, 0.3) is 5.91 Å². The summed E-state index contributed by atoms with van der Waals surface area (Å²) in [4.78, 5) is 48.6. The normalized spacial score (nSPS) is 23.3. The fourth-order valence-electron chi connectivity index (χ4n) is 7.18. The Balaban J connectivity index is 1.31. The Bertz CT molecular complexity index is 2300. The number of nitrogens with zero attached hydrogens (tertiary/aromatic N) is 3. The van der Waals surface area contributed by atoms with E-state index < -0.39 is 78.1 Å². The van der Waals surface area contributed by atoms with E-state index in [0.29, 0.717) is 40.1 Å². The van der Waals surface area contributed by atoms with Gasteiger partial charge in [0.05, 0.1) is 29.5 Å². The van der Waals surface area contributed by atoms with Crippen molar-refractivity contribution in [2.24, 2.45) is 11.3 Å². The number of methoxy groups -OCH3 is 1. The number of amides is 3. The standard InChI is InChI=1S/C38H47ClN6O9S2/c1-8-22-19-38(22,36(48)43-55(49,50)26-13-14-26)45-21-25(54-35-29-16-23(39)12-15-28(29)31(53-7)20-40-35)18-30(45)33(46)42-34(47)32(37(2,3)4)41-24-10-9-11-27(17-24)56(51,52)44(5)6/h8-12,15-17,20,22,25-26,30,32,41H,1,13-14,18-19,21H2,2-7H3,(H,43,48)(H,42,46,47)/t22-,25-,30+,32-,38?/m1/s1. The number of rotatable bonds is 14. The van der Waals surface area contributed by atoms with E-state index in [1.807, 2.05) is 0 Å². The molecule has 5 atom stereocenters. The molecule has 56 heavy (non-hydrogen) atoms. The van der Waals surface area contributed by atoms with Crippen LogP contribution < -0.4 is 24.8 Å². The number of imide groups is 1. The lowest BCUT2D eigenvalue weighted by Crippen LogP contribution is -2.59. The number of nitrogens with one attached hydrogen (secondary N) is 3. The third-order valence-electron chi connectivity index (χ3n) is 10.5. The van der Waals surface area contributed by atoms with E-state index in [1.165, 1.54) is 39.5 Å². The van der Waals surface area contributed by atoms with Gasteiger partial charge in [0.2, 0.25) is 37.7 Å². The number of carbonyl (C=O) groups excluding carboxylic acids is 3. The van der Waals surface area contributed by atoms with Crippen LogP contribution in [0.1, 0.15) is 46.5 Å². The number of aromatic nitrogens is 1. The minimum Gasteiger partial charge on any atom is -0.494 e. The number of anilines is 1. The minimum absolute atomic E-state index is 0.00119. The number of likely N-dealkylation sites (tertiary alicyclic amines) is 1. The summed E-state index contributed by atoms with van der Waals surface area (Å²) in [5.41, 5.74) is -1.91. The Labute approximate surface area is 332 Å². The number of carbonyl (C=O) groups is 3. The lowest BCUT2D eigenvalue weighted by molar-refractivity contribution is -0.136. The maximum absolute atomic E-state index is 14.4. The molecule has 2 heterocycles. The van der Waals surface area contributed by atoms with Crippen molar-refractivity contribution in [3.63, 3.8) is 0 Å². The highest BCUT2D eigenvalue weighted by Gasteiger charge is 2.67. The highest BCUT2D eigenvalue weighted by atomic mass is 35.5. The Morgan fingerprint density at radius 2 is 1.80 bits per heavy atom. The van der Waals surface area contributed by atoms with E-state index in [9.17, 15) is 31.2 Å². The Hall–Kier alpha value is -4.29. The molecule has 18 heteroatoms. The Morgan fingerprint density at radius 1 is 1.09 bits per heavy atom. The van der Waals surface area contributed by atoms with Crippen molar-refractivity contribution in [1.29, 1.82) is 0 Å². The van der Waals surface area contributed by atoms with Crippen molar-refractivity contribution in [2.75, 3.05) is 33.1 Å². The molecule has 3 aliphatic rings. The second kappa shape index (κ2) is 15.2. The first-order chi connectivity index (χ1) is 26.2. The first-order valence-electron chi connectivity index (χ1n) is 18.1. The predicted molar refractivity (Wildman–Crippen MR) is 211 cm³/mol. The highest BCUT2D eigenvalue weighted by molar-refractivity contribution is 7.91. The third kappa shape index (κ3) is 8.09. The molecule has 6 rings (SSSR count). The molecule has 1 unspecified atom stereocenters. The molecular formula is C38H47ClN6O9S2. The van der Waals surface area contributed by atoms with Crippen LogP contribution in [0.5, 0.6) is 11.6 Å². The quantitative estimate of drug-likeness (QED) is 0.200. The van der Waals surface area contributed by atoms with E-state index in [2.05, 4.69) is 26.9 Å². The molecule has 15 nitrogen and oxygen atoms in total. The monoisotopic (exact) mass is 830 g/mol. The first-order valence-corrected chi connectivity index (χ1v) is 21.5. The fraction of sp³-hybridized carbons (Fsp3) is 0.474. The second-order valence-corrected chi connectivity index (χ2v) is 20.3. The Morgan fingerprint density at radius 3 is 2.41 bits per heavy atom. The van der Waals surface area contributed by atoms with Gasteiger partial charge in [0.15, 0.2) is 0 Å². The molecule has 3 amide bonds. The number of benzene rings is 2. The van der Waals surface area contributed by atoms with Crippen molar-refractivity contribution in [3.05, 3.63) is 66.3 Å². The van der Waals surface area contributed by atoms with Gasteiger partial charge in [-0.15, -0.1) is 6.58 Å². The van der Waals surface area contributed by atoms with Crippen molar-refractivity contribution in [1.82, 2.24) is 24.2 Å². The maximum atomic E-state index is 14.4. The molecule has 1 aliphatic heterocycles. The van der Waals surface area contributed by atoms with Gasteiger partial charge in [-0.25, -0.2) is 26.1 Å². The van der Waals surface area contributed by atoms with Crippen LogP contribution in [-0.2, 0) is 34.4 Å². The van der Waals surface area contributed by atoms with Gasteiger partial charge in [-0.2, -0.15) is 0 Å². The van der Waals surface area contributed by atoms with Crippen molar-refractivity contribution in [3.8, 4) is 11.6 Å². The van der Waals surface area contributed by atoms with Gasteiger partial charge in [-0.3, -0.25) is 29.3 Å². The molecule has 2 aliphatic carbocycles. The number of halogens is 1. The zero-order valence-corrected chi connectivity index (χ0v) is 34.4. The molecule has 3 fully saturated rings. The molecule has 0 bridgehead atoms. The zero-order valence-electron chi connectivity index (χ0n) is 32.0. The van der Waals surface area contributed by atoms with Crippen LogP contribution >= 0.6 is 11.6 Å². The van der Waals surface area contributed by atoms with Crippen molar-refractivity contribution < 1.29 is 40.7 Å². The number of ether oxygens (including phenoxy) is 2. The summed E-state index contributed by atoms with van der Waals surface area (Å²) in [6.07, 6.45) is 3.38. The average Bonchev–Trinajstić information content (AvgIpc) is 4.07. The van der Waals surface area contributed by atoms with Gasteiger partial charge in [0, 0.05) is 54.5 Å². The summed E-state index contributed by atoms with van der Waals surface area (Å²) in [6.45, 7) is 9.24. The zero-order chi connectivity index (χ0) is 41.0. The summed E-state index contributed by atoms with van der Waals surface area (Å²) in [5, 5.41) is 6.63. The summed E-state index contributed by atoms with van der Waals surface area (Å²) in [5.74, 6) is -2.03. The van der Waals surface area contributed by atoms with Crippen LogP contribution in [0.2, 0.25) is 5.02 Å². The number of hydrogen-bond acceptors (Lipinski definition) is 12. The maximum Gasteiger partial charge on any atom is 0.254 e. The molecule has 1 saturated heterocycles. The molecule has 302 valence electrons. The largest absolute Gasteiger partial charge is 0.494 e. The van der Waals surface area contributed by atoms with Crippen LogP contribution in [0, 0.1) is 11.3 Å². The van der Waals surface area contributed by atoms with Crippen molar-refractivity contribution in [2.45, 2.75) is 80.3 Å². The van der Waals surface area contributed by atoms with Crippen LogP contribution in [-0.4, -0.2) is 105 Å². The third-order valence-corrected chi connectivity index (χ3v) is 14.4. The van der Waals surface area contributed by atoms with Gasteiger partial charge >= 0.3 is 0 Å². The smallest absolute Gasteiger partial charge is 0.254 e. The van der Waals surface area contributed by atoms with Gasteiger partial charge < -0.3 is 14.8 Å². The van der Waals surface area contributed by atoms with Crippen LogP contribution in [0.3, 0.4) is 0 Å². The Kier molecular flexibility index (Phi) is 11.2. The summed E-state index contributed by atoms with van der Waals surface area (Å²) in [7, 11) is -3.39. The molecule has 0 radical (unpaired) electrons. The SMILES string of the molecule is C=C[C@@H]1CC1(C(=O)NS(=O)(=O)C1CC1)N1C[C@H](Oc2ncc(OC)c3ccc(Cl)cc23)C[C@H]1C(=O)NC(=O)[C@@H](Nc1cccc(S(=O)(=O)N(C)C)c1)C(C)(C)C. The number of hydrogen-bond donors (Lipinski definition) is 3. The number of sulfonamides is 2. The van der Waals surface area contributed by atoms with E-state index in [4.69, 9.17) is 21.1 Å². The number of pyridine rings is 1. The number of fused-ring (bicyclic) bond motifs is 1. The highest BCUT2D eigenvalue weighted by Crippen LogP contribution is 2.53. The molecule has 2 aromatic carbocycles. The van der Waals surface area contributed by atoms with Gasteiger partial charge in [0.1, 0.15) is 23.4 Å². The molecular weight excluding hydrogens is 784 g/mol. The molecule has 3 aromatic rings. The van der Waals surface area contributed by atoms with E-state index in [-0.39, 0.29) is 30.2 Å². The van der Waals surface area contributed by atoms with Crippen molar-refractivity contribution >= 4 is 65.8 Å². The summed E-state index contributed by atoms with van der Waals surface area (Å²) < 4.78 is 66.9. The molecule has 2 saturated carbocycles. The minimum atomic E-state index is -3.95. The van der Waals surface area contributed by atoms with Crippen LogP contribution in [0.15, 0.2) is 66.2 Å². The summed E-state index contributed by atoms with van der Waals surface area (Å²) in [6, 6.07) is 9.00. The molecule has 3 N–H and O–H groups in total. The lowest BCUT2D eigenvalue weighted by Gasteiger charge is -2.34. The second-order valence-electron chi connectivity index (χ2n) is 15.7. The molecule has 0 spiro atoms. The predicted octanol–water partition coefficient (Wildman–Crippen LogP) is 3.69. The van der Waals surface area contributed by atoms with E-state index in [1.54, 1.807) is 62.1 Å². The summed E-state index contributed by atoms with van der Waals surface area (Å²) >= 11 is 6.35. The van der Waals surface area contributed by atoms with Gasteiger partial charge in [-0.05, 0) is 61.1 Å². The molecule has 1 aromatic heterocycles. The average molecular weight is 831 g/mol.